The third-order valence-electron chi connectivity index (χ3n) is 3.28. The molecule has 20 heavy (non-hydrogen) atoms. The Balaban J connectivity index is 2.13. The molecule has 0 aliphatic carbocycles. The molecule has 0 fully saturated rings. The molecule has 0 spiro atoms. The van der Waals surface area contributed by atoms with Crippen molar-refractivity contribution in [3.8, 4) is 0 Å². The van der Waals surface area contributed by atoms with Crippen molar-refractivity contribution in [1.29, 1.82) is 0 Å². The fourth-order valence-electron chi connectivity index (χ4n) is 2.38. The zero-order valence-corrected chi connectivity index (χ0v) is 11.9. The molecule has 3 aromatic rings. The molecule has 1 aromatic carbocycles. The highest BCUT2D eigenvalue weighted by molar-refractivity contribution is 5.79. The van der Waals surface area contributed by atoms with E-state index in [0.717, 1.165) is 28.3 Å². The second-order valence-electron chi connectivity index (χ2n) is 5.32. The van der Waals surface area contributed by atoms with Crippen LogP contribution in [0.5, 0.6) is 0 Å². The number of nitrogens with zero attached hydrogens (tertiary/aromatic N) is 3. The van der Waals surface area contributed by atoms with E-state index in [1.54, 1.807) is 6.20 Å². The zero-order valence-electron chi connectivity index (χ0n) is 11.9. The summed E-state index contributed by atoms with van der Waals surface area (Å²) in [5, 5.41) is 0. The van der Waals surface area contributed by atoms with Crippen LogP contribution in [-0.4, -0.2) is 14.5 Å². The number of nitrogens with two attached hydrogens (primary N) is 1. The number of aromatic nitrogens is 3. The summed E-state index contributed by atoms with van der Waals surface area (Å²) >= 11 is 0. The van der Waals surface area contributed by atoms with Crippen LogP contribution in [0.3, 0.4) is 0 Å². The van der Waals surface area contributed by atoms with Crippen molar-refractivity contribution < 1.29 is 4.42 Å². The maximum absolute atomic E-state index is 5.84. The summed E-state index contributed by atoms with van der Waals surface area (Å²) in [5.74, 6) is 2.85. The Bertz CT molecular complexity index is 754. The molecule has 0 unspecified atom stereocenters. The number of imidazole rings is 1. The Morgan fingerprint density at radius 2 is 2.15 bits per heavy atom. The number of hydrogen-bond acceptors (Lipinski definition) is 4. The van der Waals surface area contributed by atoms with Crippen LogP contribution in [0.4, 0.5) is 5.69 Å². The van der Waals surface area contributed by atoms with Crippen molar-refractivity contribution in [3.63, 3.8) is 0 Å². The average Bonchev–Trinajstić information content (AvgIpc) is 2.94. The minimum absolute atomic E-state index is 0.319. The maximum Gasteiger partial charge on any atom is 0.214 e. The second kappa shape index (κ2) is 4.67. The van der Waals surface area contributed by atoms with Crippen molar-refractivity contribution in [2.24, 2.45) is 0 Å². The first-order valence-electron chi connectivity index (χ1n) is 6.71. The Kier molecular flexibility index (Phi) is 2.97. The van der Waals surface area contributed by atoms with Crippen LogP contribution in [0, 0.1) is 6.92 Å². The van der Waals surface area contributed by atoms with E-state index >= 15 is 0 Å². The van der Waals surface area contributed by atoms with Crippen LogP contribution in [0.1, 0.15) is 37.2 Å². The second-order valence-corrected chi connectivity index (χ2v) is 5.32. The number of hydrogen-bond donors (Lipinski definition) is 1. The number of aryl methyl sites for hydroxylation is 1. The number of rotatable bonds is 3. The molecular weight excluding hydrogens is 252 g/mol. The van der Waals surface area contributed by atoms with Gasteiger partial charge in [-0.25, -0.2) is 9.97 Å². The molecule has 0 aliphatic rings. The summed E-state index contributed by atoms with van der Waals surface area (Å²) < 4.78 is 7.72. The number of benzene rings is 1. The van der Waals surface area contributed by atoms with Crippen molar-refractivity contribution in [1.82, 2.24) is 14.5 Å². The highest BCUT2D eigenvalue weighted by Gasteiger charge is 2.15. The molecule has 0 bridgehead atoms. The molecule has 2 heterocycles. The van der Waals surface area contributed by atoms with E-state index in [2.05, 4.69) is 28.4 Å². The van der Waals surface area contributed by atoms with Crippen molar-refractivity contribution in [2.45, 2.75) is 33.2 Å². The van der Waals surface area contributed by atoms with E-state index in [1.807, 2.05) is 25.1 Å². The topological polar surface area (TPSA) is 69.9 Å². The molecule has 0 aliphatic heterocycles. The highest BCUT2D eigenvalue weighted by atomic mass is 16.4. The maximum atomic E-state index is 5.84. The van der Waals surface area contributed by atoms with Gasteiger partial charge in [0.25, 0.3) is 0 Å². The third kappa shape index (κ3) is 2.15. The lowest BCUT2D eigenvalue weighted by Crippen LogP contribution is -2.06. The van der Waals surface area contributed by atoms with Crippen molar-refractivity contribution in [2.75, 3.05) is 5.73 Å². The summed E-state index contributed by atoms with van der Waals surface area (Å²) in [6.07, 6.45) is 1.74. The van der Waals surface area contributed by atoms with Crippen LogP contribution >= 0.6 is 0 Å². The SMILES string of the molecule is Cc1cnc(Cn2c(C(C)C)nc3cc(N)ccc32)o1. The van der Waals surface area contributed by atoms with Crippen LogP contribution in [0.25, 0.3) is 11.0 Å². The smallest absolute Gasteiger partial charge is 0.214 e. The molecule has 0 amide bonds. The van der Waals surface area contributed by atoms with Gasteiger partial charge in [0, 0.05) is 11.6 Å². The minimum Gasteiger partial charge on any atom is -0.444 e. The van der Waals surface area contributed by atoms with Gasteiger partial charge in [0.1, 0.15) is 18.1 Å². The third-order valence-corrected chi connectivity index (χ3v) is 3.28. The van der Waals surface area contributed by atoms with Gasteiger partial charge in [-0.3, -0.25) is 0 Å². The fraction of sp³-hybridized carbons (Fsp3) is 0.333. The van der Waals surface area contributed by atoms with Crippen LogP contribution in [-0.2, 0) is 6.54 Å². The van der Waals surface area contributed by atoms with E-state index in [0.29, 0.717) is 18.4 Å². The summed E-state index contributed by atoms with van der Waals surface area (Å²) in [6, 6.07) is 5.79. The zero-order chi connectivity index (χ0) is 14.3. The van der Waals surface area contributed by atoms with Gasteiger partial charge in [0.05, 0.1) is 17.2 Å². The molecular formula is C15H18N4O. The monoisotopic (exact) mass is 270 g/mol. The summed E-state index contributed by atoms with van der Waals surface area (Å²) in [4.78, 5) is 8.96. The first-order chi connectivity index (χ1) is 9.54. The Morgan fingerprint density at radius 1 is 1.35 bits per heavy atom. The largest absolute Gasteiger partial charge is 0.444 e. The van der Waals surface area contributed by atoms with Crippen LogP contribution < -0.4 is 5.73 Å². The molecule has 5 nitrogen and oxygen atoms in total. The van der Waals surface area contributed by atoms with Gasteiger partial charge in [0.2, 0.25) is 5.89 Å². The molecule has 3 rings (SSSR count). The van der Waals surface area contributed by atoms with Gasteiger partial charge in [-0.1, -0.05) is 13.8 Å². The quantitative estimate of drug-likeness (QED) is 0.742. The summed E-state index contributed by atoms with van der Waals surface area (Å²) in [7, 11) is 0. The first kappa shape index (κ1) is 12.7. The minimum atomic E-state index is 0.319. The van der Waals surface area contributed by atoms with Gasteiger partial charge < -0.3 is 14.7 Å². The molecule has 0 saturated carbocycles. The predicted octanol–water partition coefficient (Wildman–Crippen LogP) is 3.09. The predicted molar refractivity (Wildman–Crippen MR) is 78.6 cm³/mol. The normalized spacial score (nSPS) is 11.6. The van der Waals surface area contributed by atoms with Crippen LogP contribution in [0.2, 0.25) is 0 Å². The van der Waals surface area contributed by atoms with Crippen LogP contribution in [0.15, 0.2) is 28.8 Å². The molecule has 5 heteroatoms. The van der Waals surface area contributed by atoms with Gasteiger partial charge in [-0.15, -0.1) is 0 Å². The van der Waals surface area contributed by atoms with E-state index in [1.165, 1.54) is 0 Å². The van der Waals surface area contributed by atoms with E-state index < -0.39 is 0 Å². The highest BCUT2D eigenvalue weighted by Crippen LogP contribution is 2.24. The molecule has 0 radical (unpaired) electrons. The Morgan fingerprint density at radius 3 is 2.80 bits per heavy atom. The Labute approximate surface area is 117 Å². The number of nitrogen functional groups attached to an aromatic ring is 1. The van der Waals surface area contributed by atoms with Crippen molar-refractivity contribution >= 4 is 16.7 Å². The van der Waals surface area contributed by atoms with E-state index in [9.17, 15) is 0 Å². The standard InChI is InChI=1S/C15H18N4O/c1-9(2)15-18-12-6-11(16)4-5-13(12)19(15)8-14-17-7-10(3)20-14/h4-7,9H,8,16H2,1-3H3. The summed E-state index contributed by atoms with van der Waals surface area (Å²) in [5.41, 5.74) is 8.53. The number of anilines is 1. The average molecular weight is 270 g/mol. The van der Waals surface area contributed by atoms with E-state index in [-0.39, 0.29) is 0 Å². The lowest BCUT2D eigenvalue weighted by atomic mass is 10.2. The van der Waals surface area contributed by atoms with Gasteiger partial charge in [-0.2, -0.15) is 0 Å². The lowest BCUT2D eigenvalue weighted by molar-refractivity contribution is 0.454. The number of fused-ring (bicyclic) bond motifs is 1. The molecule has 0 atom stereocenters. The van der Waals surface area contributed by atoms with Gasteiger partial charge >= 0.3 is 0 Å². The van der Waals surface area contributed by atoms with E-state index in [4.69, 9.17) is 10.2 Å². The summed E-state index contributed by atoms with van der Waals surface area (Å²) in [6.45, 7) is 6.73. The van der Waals surface area contributed by atoms with Crippen molar-refractivity contribution in [3.05, 3.63) is 41.9 Å². The molecule has 2 N–H and O–H groups in total. The molecule has 0 saturated heterocycles. The fourth-order valence-corrected chi connectivity index (χ4v) is 2.38. The molecule has 2 aromatic heterocycles. The van der Waals surface area contributed by atoms with Gasteiger partial charge in [-0.05, 0) is 25.1 Å². The Hall–Kier alpha value is -2.30. The van der Waals surface area contributed by atoms with Gasteiger partial charge in [0.15, 0.2) is 0 Å². The molecule has 104 valence electrons. The number of oxazole rings is 1. The first-order valence-corrected chi connectivity index (χ1v) is 6.71. The lowest BCUT2D eigenvalue weighted by Gasteiger charge is -2.09.